The van der Waals surface area contributed by atoms with Crippen molar-refractivity contribution < 1.29 is 9.66 Å². The van der Waals surface area contributed by atoms with Gasteiger partial charge in [0.05, 0.1) is 17.1 Å². The van der Waals surface area contributed by atoms with Gasteiger partial charge in [0.2, 0.25) is 5.82 Å². The molecule has 1 aromatic heterocycles. The minimum atomic E-state index is -0.461. The zero-order chi connectivity index (χ0) is 13.8. The summed E-state index contributed by atoms with van der Waals surface area (Å²) < 4.78 is 5.06. The van der Waals surface area contributed by atoms with Crippen molar-refractivity contribution in [1.82, 2.24) is 4.98 Å². The molecule has 0 amide bonds. The number of nitrogens with zero attached hydrogens (tertiary/aromatic N) is 2. The maximum absolute atomic E-state index is 10.9. The Morgan fingerprint density at radius 2 is 2.17 bits per heavy atom. The van der Waals surface area contributed by atoms with Crippen molar-refractivity contribution in [2.75, 3.05) is 31.4 Å². The number of nitro groups is 1. The predicted molar refractivity (Wildman–Crippen MR) is 70.0 cm³/mol. The van der Waals surface area contributed by atoms with Gasteiger partial charge in [-0.1, -0.05) is 0 Å². The third-order valence-electron chi connectivity index (χ3n) is 2.29. The lowest BCUT2D eigenvalue weighted by molar-refractivity contribution is -0.384. The van der Waals surface area contributed by atoms with Crippen molar-refractivity contribution in [3.05, 3.63) is 22.2 Å². The smallest absolute Gasteiger partial charge is 0.311 e. The van der Waals surface area contributed by atoms with E-state index in [2.05, 4.69) is 15.6 Å². The van der Waals surface area contributed by atoms with Crippen molar-refractivity contribution in [2.24, 2.45) is 0 Å². The molecule has 7 nitrogen and oxygen atoms in total. The van der Waals surface area contributed by atoms with Gasteiger partial charge in [0, 0.05) is 20.2 Å². The fourth-order valence-electron chi connectivity index (χ4n) is 1.55. The summed E-state index contributed by atoms with van der Waals surface area (Å²) in [5.41, 5.74) is -0.503. The minimum Gasteiger partial charge on any atom is -0.382 e. The molecule has 7 heteroatoms. The molecule has 18 heavy (non-hydrogen) atoms. The number of hydrogen-bond acceptors (Lipinski definition) is 6. The highest BCUT2D eigenvalue weighted by atomic mass is 16.6. The first-order chi connectivity index (χ1) is 8.39. The van der Waals surface area contributed by atoms with E-state index in [0.29, 0.717) is 12.4 Å². The first kappa shape index (κ1) is 14.2. The number of pyridine rings is 1. The van der Waals surface area contributed by atoms with Gasteiger partial charge in [-0.2, -0.15) is 0 Å². The van der Waals surface area contributed by atoms with Crippen LogP contribution < -0.4 is 10.6 Å². The highest BCUT2D eigenvalue weighted by Gasteiger charge is 2.24. The summed E-state index contributed by atoms with van der Waals surface area (Å²) in [6.45, 7) is 4.18. The average Bonchev–Trinajstić information content (AvgIpc) is 2.27. The lowest BCUT2D eigenvalue weighted by atomic mass is 10.1. The number of ether oxygens (including phenoxy) is 1. The molecule has 1 rings (SSSR count). The number of methoxy groups -OCH3 is 1. The Balaban J connectivity index is 3.08. The van der Waals surface area contributed by atoms with Crippen molar-refractivity contribution >= 4 is 17.3 Å². The SMILES string of the molecule is CNc1ccc([N+](=O)[O-])c(NC(C)(C)COC)n1. The topological polar surface area (TPSA) is 89.3 Å². The fraction of sp³-hybridized carbons (Fsp3) is 0.545. The molecule has 0 bridgehead atoms. The van der Waals surface area contributed by atoms with Gasteiger partial charge >= 0.3 is 5.69 Å². The summed E-state index contributed by atoms with van der Waals surface area (Å²) in [7, 11) is 3.29. The van der Waals surface area contributed by atoms with E-state index in [1.807, 2.05) is 13.8 Å². The Morgan fingerprint density at radius 1 is 1.50 bits per heavy atom. The maximum Gasteiger partial charge on any atom is 0.311 e. The fourth-order valence-corrected chi connectivity index (χ4v) is 1.55. The molecule has 0 atom stereocenters. The monoisotopic (exact) mass is 254 g/mol. The first-order valence-corrected chi connectivity index (χ1v) is 5.50. The van der Waals surface area contributed by atoms with Crippen LogP contribution in [0.1, 0.15) is 13.8 Å². The maximum atomic E-state index is 10.9. The molecule has 0 saturated heterocycles. The second-order valence-corrected chi connectivity index (χ2v) is 4.51. The van der Waals surface area contributed by atoms with E-state index in [0.717, 1.165) is 0 Å². The Morgan fingerprint density at radius 3 is 2.67 bits per heavy atom. The molecular formula is C11H18N4O3. The van der Waals surface area contributed by atoms with Gasteiger partial charge in [0.15, 0.2) is 0 Å². The zero-order valence-electron chi connectivity index (χ0n) is 11.0. The van der Waals surface area contributed by atoms with Crippen LogP contribution in [0.25, 0.3) is 0 Å². The summed E-state index contributed by atoms with van der Waals surface area (Å²) in [6.07, 6.45) is 0. The Hall–Kier alpha value is -1.89. The van der Waals surface area contributed by atoms with Crippen LogP contribution in [0.2, 0.25) is 0 Å². The number of rotatable bonds is 6. The zero-order valence-corrected chi connectivity index (χ0v) is 11.0. The lowest BCUT2D eigenvalue weighted by Gasteiger charge is -2.25. The van der Waals surface area contributed by atoms with Gasteiger partial charge < -0.3 is 15.4 Å². The van der Waals surface area contributed by atoms with Crippen molar-refractivity contribution in [3.63, 3.8) is 0 Å². The van der Waals surface area contributed by atoms with Gasteiger partial charge in [-0.25, -0.2) is 4.98 Å². The van der Waals surface area contributed by atoms with Gasteiger partial charge in [0.1, 0.15) is 5.82 Å². The standard InChI is InChI=1S/C11H18N4O3/c1-11(2,7-18-4)14-10-8(15(16)17)5-6-9(12-3)13-10/h5-6H,7H2,1-4H3,(H2,12,13,14). The molecule has 0 aliphatic rings. The molecule has 0 spiro atoms. The molecular weight excluding hydrogens is 236 g/mol. The minimum absolute atomic E-state index is 0.0572. The molecule has 2 N–H and O–H groups in total. The van der Waals surface area contributed by atoms with E-state index in [-0.39, 0.29) is 11.5 Å². The van der Waals surface area contributed by atoms with Crippen LogP contribution in [-0.4, -0.2) is 36.2 Å². The molecule has 0 fully saturated rings. The predicted octanol–water partition coefficient (Wildman–Crippen LogP) is 1.87. The number of anilines is 2. The van der Waals surface area contributed by atoms with Crippen LogP contribution in [0.5, 0.6) is 0 Å². The Kier molecular flexibility index (Phi) is 4.43. The summed E-state index contributed by atoms with van der Waals surface area (Å²) in [5.74, 6) is 0.796. The second-order valence-electron chi connectivity index (χ2n) is 4.51. The summed E-state index contributed by atoms with van der Waals surface area (Å²) in [4.78, 5) is 14.6. The van der Waals surface area contributed by atoms with Crippen LogP contribution >= 0.6 is 0 Å². The normalized spacial score (nSPS) is 11.1. The molecule has 0 aromatic carbocycles. The summed E-state index contributed by atoms with van der Waals surface area (Å²) in [5, 5.41) is 16.8. The summed E-state index contributed by atoms with van der Waals surface area (Å²) in [6, 6.07) is 2.98. The summed E-state index contributed by atoms with van der Waals surface area (Å²) >= 11 is 0. The first-order valence-electron chi connectivity index (χ1n) is 5.50. The Labute approximate surface area is 106 Å². The van der Waals surface area contributed by atoms with Gasteiger partial charge in [-0.15, -0.1) is 0 Å². The quantitative estimate of drug-likeness (QED) is 0.595. The second kappa shape index (κ2) is 5.63. The molecule has 100 valence electrons. The Bertz CT molecular complexity index is 434. The highest BCUT2D eigenvalue weighted by Crippen LogP contribution is 2.26. The van der Waals surface area contributed by atoms with E-state index in [1.54, 1.807) is 20.2 Å². The molecule has 0 aliphatic carbocycles. The highest BCUT2D eigenvalue weighted by molar-refractivity contribution is 5.61. The van der Waals surface area contributed by atoms with E-state index in [9.17, 15) is 10.1 Å². The largest absolute Gasteiger partial charge is 0.382 e. The molecule has 0 radical (unpaired) electrons. The van der Waals surface area contributed by atoms with E-state index in [4.69, 9.17) is 4.74 Å². The van der Waals surface area contributed by atoms with Crippen molar-refractivity contribution in [1.29, 1.82) is 0 Å². The van der Waals surface area contributed by atoms with E-state index < -0.39 is 10.5 Å². The number of aromatic nitrogens is 1. The molecule has 1 heterocycles. The third kappa shape index (κ3) is 3.56. The number of nitrogens with one attached hydrogen (secondary N) is 2. The molecule has 1 aromatic rings. The van der Waals surface area contributed by atoms with Gasteiger partial charge in [0.25, 0.3) is 0 Å². The van der Waals surface area contributed by atoms with Crippen LogP contribution in [0, 0.1) is 10.1 Å². The third-order valence-corrected chi connectivity index (χ3v) is 2.29. The number of hydrogen-bond donors (Lipinski definition) is 2. The van der Waals surface area contributed by atoms with Crippen molar-refractivity contribution in [2.45, 2.75) is 19.4 Å². The lowest BCUT2D eigenvalue weighted by Crippen LogP contribution is -2.36. The van der Waals surface area contributed by atoms with Crippen LogP contribution in [0.3, 0.4) is 0 Å². The molecule has 0 aliphatic heterocycles. The van der Waals surface area contributed by atoms with E-state index in [1.165, 1.54) is 6.07 Å². The molecule has 0 unspecified atom stereocenters. The van der Waals surface area contributed by atoms with Gasteiger partial charge in [-0.05, 0) is 19.9 Å². The average molecular weight is 254 g/mol. The molecule has 0 saturated carbocycles. The van der Waals surface area contributed by atoms with E-state index >= 15 is 0 Å². The van der Waals surface area contributed by atoms with Crippen LogP contribution in [0.4, 0.5) is 17.3 Å². The van der Waals surface area contributed by atoms with Crippen LogP contribution in [-0.2, 0) is 4.74 Å². The van der Waals surface area contributed by atoms with Crippen LogP contribution in [0.15, 0.2) is 12.1 Å². The van der Waals surface area contributed by atoms with Gasteiger partial charge in [-0.3, -0.25) is 10.1 Å². The van der Waals surface area contributed by atoms with Crippen molar-refractivity contribution in [3.8, 4) is 0 Å².